The smallest absolute Gasteiger partial charge is 0.336 e. The molecule has 0 heterocycles. The van der Waals surface area contributed by atoms with E-state index in [0.29, 0.717) is 17.1 Å². The summed E-state index contributed by atoms with van der Waals surface area (Å²) in [5.41, 5.74) is 0.423. The van der Waals surface area contributed by atoms with Crippen LogP contribution in [0.2, 0.25) is 0 Å². The second-order valence-corrected chi connectivity index (χ2v) is 3.79. The van der Waals surface area contributed by atoms with Gasteiger partial charge in [0.25, 0.3) is 0 Å². The minimum atomic E-state index is -1.16. The summed E-state index contributed by atoms with van der Waals surface area (Å²) >= 11 is 0. The van der Waals surface area contributed by atoms with Gasteiger partial charge in [-0.1, -0.05) is 6.58 Å². The van der Waals surface area contributed by atoms with Crippen LogP contribution in [-0.4, -0.2) is 31.9 Å². The van der Waals surface area contributed by atoms with E-state index in [-0.39, 0.29) is 12.2 Å². The molecule has 0 aliphatic carbocycles. The van der Waals surface area contributed by atoms with Gasteiger partial charge in [0.15, 0.2) is 0 Å². The van der Waals surface area contributed by atoms with E-state index in [0.717, 1.165) is 0 Å². The Morgan fingerprint density at radius 1 is 1.26 bits per heavy atom. The lowest BCUT2D eigenvalue weighted by Crippen LogP contribution is -2.13. The molecule has 0 radical (unpaired) electrons. The van der Waals surface area contributed by atoms with Crippen molar-refractivity contribution in [1.82, 2.24) is 0 Å². The topological polar surface area (TPSA) is 65.0 Å². The van der Waals surface area contributed by atoms with Gasteiger partial charge in [-0.05, 0) is 24.6 Å². The number of methoxy groups -OCH3 is 2. The summed E-state index contributed by atoms with van der Waals surface area (Å²) in [6, 6.07) is 4.89. The van der Waals surface area contributed by atoms with Gasteiger partial charge in [-0.25, -0.2) is 4.79 Å². The fraction of sp³-hybridized carbons (Fsp3) is 0.357. The molecule has 1 unspecified atom stereocenters. The SMILES string of the molecule is C=C(C(=O)OCC)C(O)c1cc(OC)cc(OC)c1. The average molecular weight is 266 g/mol. The maximum absolute atomic E-state index is 11.5. The number of carbonyl (C=O) groups is 1. The lowest BCUT2D eigenvalue weighted by Gasteiger charge is -2.15. The van der Waals surface area contributed by atoms with Gasteiger partial charge < -0.3 is 19.3 Å². The van der Waals surface area contributed by atoms with Crippen LogP contribution in [0.5, 0.6) is 11.5 Å². The molecule has 104 valence electrons. The number of rotatable bonds is 6. The molecule has 0 bridgehead atoms. The van der Waals surface area contributed by atoms with E-state index in [4.69, 9.17) is 14.2 Å². The fourth-order valence-corrected chi connectivity index (χ4v) is 1.52. The summed E-state index contributed by atoms with van der Waals surface area (Å²) in [6.07, 6.45) is -1.16. The van der Waals surface area contributed by atoms with E-state index >= 15 is 0 Å². The van der Waals surface area contributed by atoms with Crippen molar-refractivity contribution in [3.63, 3.8) is 0 Å². The Kier molecular flexibility index (Phi) is 5.38. The summed E-state index contributed by atoms with van der Waals surface area (Å²) < 4.78 is 15.0. The number of benzene rings is 1. The highest BCUT2D eigenvalue weighted by molar-refractivity contribution is 5.89. The van der Waals surface area contributed by atoms with Crippen molar-refractivity contribution in [1.29, 1.82) is 0 Å². The van der Waals surface area contributed by atoms with Crippen molar-refractivity contribution in [3.8, 4) is 11.5 Å². The Morgan fingerprint density at radius 2 is 1.79 bits per heavy atom. The summed E-state index contributed by atoms with van der Waals surface area (Å²) in [7, 11) is 3.01. The molecule has 0 spiro atoms. The Balaban J connectivity index is 3.01. The zero-order valence-electron chi connectivity index (χ0n) is 11.3. The summed E-state index contributed by atoms with van der Waals surface area (Å²) in [5, 5.41) is 10.1. The molecule has 1 atom stereocenters. The van der Waals surface area contributed by atoms with Crippen LogP contribution in [0.3, 0.4) is 0 Å². The van der Waals surface area contributed by atoms with Crippen LogP contribution >= 0.6 is 0 Å². The first-order valence-electron chi connectivity index (χ1n) is 5.80. The predicted molar refractivity (Wildman–Crippen MR) is 70.3 cm³/mol. The van der Waals surface area contributed by atoms with Crippen LogP contribution in [0.4, 0.5) is 0 Å². The van der Waals surface area contributed by atoms with E-state index in [1.165, 1.54) is 14.2 Å². The van der Waals surface area contributed by atoms with Gasteiger partial charge in [0, 0.05) is 6.07 Å². The monoisotopic (exact) mass is 266 g/mol. The third kappa shape index (κ3) is 3.72. The lowest BCUT2D eigenvalue weighted by atomic mass is 10.0. The number of carbonyl (C=O) groups excluding carboxylic acids is 1. The number of esters is 1. The molecular weight excluding hydrogens is 248 g/mol. The van der Waals surface area contributed by atoms with Crippen molar-refractivity contribution >= 4 is 5.97 Å². The second kappa shape index (κ2) is 6.80. The third-order valence-electron chi connectivity index (χ3n) is 2.56. The van der Waals surface area contributed by atoms with E-state index in [1.807, 2.05) is 0 Å². The van der Waals surface area contributed by atoms with Crippen molar-refractivity contribution in [2.24, 2.45) is 0 Å². The minimum Gasteiger partial charge on any atom is -0.497 e. The minimum absolute atomic E-state index is 0.0304. The Morgan fingerprint density at radius 3 is 2.21 bits per heavy atom. The van der Waals surface area contributed by atoms with Gasteiger partial charge in [-0.2, -0.15) is 0 Å². The molecular formula is C14H18O5. The standard InChI is InChI=1S/C14H18O5/c1-5-19-14(16)9(2)13(15)10-6-11(17-3)8-12(7-10)18-4/h6-8,13,15H,2,5H2,1,3-4H3. The molecule has 0 aliphatic rings. The summed E-state index contributed by atoms with van der Waals surface area (Å²) in [4.78, 5) is 11.5. The maximum Gasteiger partial charge on any atom is 0.336 e. The highest BCUT2D eigenvalue weighted by atomic mass is 16.5. The van der Waals surface area contributed by atoms with Gasteiger partial charge in [-0.15, -0.1) is 0 Å². The molecule has 0 amide bonds. The number of aliphatic hydroxyl groups excluding tert-OH is 1. The van der Waals surface area contributed by atoms with E-state index in [1.54, 1.807) is 25.1 Å². The number of hydrogen-bond donors (Lipinski definition) is 1. The zero-order chi connectivity index (χ0) is 14.4. The van der Waals surface area contributed by atoms with Crippen LogP contribution < -0.4 is 9.47 Å². The van der Waals surface area contributed by atoms with Crippen LogP contribution in [0.15, 0.2) is 30.4 Å². The average Bonchev–Trinajstić information content (AvgIpc) is 2.45. The second-order valence-electron chi connectivity index (χ2n) is 3.79. The molecule has 5 nitrogen and oxygen atoms in total. The molecule has 19 heavy (non-hydrogen) atoms. The number of hydrogen-bond acceptors (Lipinski definition) is 5. The molecule has 0 saturated heterocycles. The Hall–Kier alpha value is -2.01. The van der Waals surface area contributed by atoms with Crippen LogP contribution in [0, 0.1) is 0 Å². The van der Waals surface area contributed by atoms with E-state index < -0.39 is 12.1 Å². The Bertz CT molecular complexity index is 445. The van der Waals surface area contributed by atoms with Crippen molar-refractivity contribution in [2.45, 2.75) is 13.0 Å². The Labute approximate surface area is 112 Å². The van der Waals surface area contributed by atoms with Crippen molar-refractivity contribution < 1.29 is 24.1 Å². The molecule has 0 aromatic heterocycles. The highest BCUT2D eigenvalue weighted by Gasteiger charge is 2.20. The van der Waals surface area contributed by atoms with E-state index in [2.05, 4.69) is 6.58 Å². The summed E-state index contributed by atoms with van der Waals surface area (Å²) in [5.74, 6) is 0.409. The summed E-state index contributed by atoms with van der Waals surface area (Å²) in [6.45, 7) is 5.47. The largest absolute Gasteiger partial charge is 0.497 e. The third-order valence-corrected chi connectivity index (χ3v) is 2.56. The van der Waals surface area contributed by atoms with Crippen LogP contribution in [0.25, 0.3) is 0 Å². The first-order chi connectivity index (χ1) is 9.03. The van der Waals surface area contributed by atoms with Crippen molar-refractivity contribution in [2.75, 3.05) is 20.8 Å². The number of ether oxygens (including phenoxy) is 3. The molecule has 1 N–H and O–H groups in total. The van der Waals surface area contributed by atoms with Crippen LogP contribution in [-0.2, 0) is 9.53 Å². The quantitative estimate of drug-likeness (QED) is 0.629. The maximum atomic E-state index is 11.5. The van der Waals surface area contributed by atoms with Crippen molar-refractivity contribution in [3.05, 3.63) is 35.9 Å². The normalized spacial score (nSPS) is 11.6. The van der Waals surface area contributed by atoms with Gasteiger partial charge in [0.2, 0.25) is 0 Å². The van der Waals surface area contributed by atoms with Crippen LogP contribution in [0.1, 0.15) is 18.6 Å². The van der Waals surface area contributed by atoms with E-state index in [9.17, 15) is 9.90 Å². The van der Waals surface area contributed by atoms with Gasteiger partial charge in [0.1, 0.15) is 17.6 Å². The molecule has 0 saturated carbocycles. The first-order valence-corrected chi connectivity index (χ1v) is 5.80. The molecule has 1 aromatic carbocycles. The molecule has 5 heteroatoms. The molecule has 1 rings (SSSR count). The number of aliphatic hydroxyl groups is 1. The molecule has 1 aromatic rings. The first kappa shape index (κ1) is 15.0. The van der Waals surface area contributed by atoms with Gasteiger partial charge >= 0.3 is 5.97 Å². The molecule has 0 aliphatic heterocycles. The molecule has 0 fully saturated rings. The highest BCUT2D eigenvalue weighted by Crippen LogP contribution is 2.29. The zero-order valence-corrected chi connectivity index (χ0v) is 11.3. The van der Waals surface area contributed by atoms with Gasteiger partial charge in [-0.3, -0.25) is 0 Å². The predicted octanol–water partition coefficient (Wildman–Crippen LogP) is 1.86. The van der Waals surface area contributed by atoms with Gasteiger partial charge in [0.05, 0.1) is 26.4 Å². The fourth-order valence-electron chi connectivity index (χ4n) is 1.52. The lowest BCUT2D eigenvalue weighted by molar-refractivity contribution is -0.139.